The number of rotatable bonds is 5. The highest BCUT2D eigenvalue weighted by Crippen LogP contribution is 2.18. The number of benzene rings is 2. The van der Waals surface area contributed by atoms with Crippen LogP contribution in [0.3, 0.4) is 0 Å². The van der Waals surface area contributed by atoms with Crippen molar-refractivity contribution >= 4 is 29.0 Å². The van der Waals surface area contributed by atoms with E-state index >= 15 is 0 Å². The molecule has 25 heavy (non-hydrogen) atoms. The van der Waals surface area contributed by atoms with Crippen molar-refractivity contribution in [3.05, 3.63) is 83.3 Å². The molecule has 0 aliphatic carbocycles. The van der Waals surface area contributed by atoms with Gasteiger partial charge >= 0.3 is 0 Å². The van der Waals surface area contributed by atoms with E-state index in [1.165, 1.54) is 6.33 Å². The zero-order valence-electron chi connectivity index (χ0n) is 13.7. The van der Waals surface area contributed by atoms with Crippen LogP contribution in [0.4, 0.5) is 11.5 Å². The van der Waals surface area contributed by atoms with Crippen molar-refractivity contribution < 1.29 is 4.79 Å². The first kappa shape index (κ1) is 16.9. The van der Waals surface area contributed by atoms with Crippen LogP contribution in [0.5, 0.6) is 0 Å². The normalized spacial score (nSPS) is 10.3. The number of nitrogens with zero attached hydrogens (tertiary/aromatic N) is 3. The van der Waals surface area contributed by atoms with Gasteiger partial charge in [0.05, 0.1) is 0 Å². The van der Waals surface area contributed by atoms with E-state index in [4.69, 9.17) is 11.6 Å². The SMILES string of the molecule is CN(Cc1ccccc1)C(=O)c1cc(Nc2ccc(Cl)cc2)ncn1. The van der Waals surface area contributed by atoms with Crippen LogP contribution in [0.1, 0.15) is 16.1 Å². The van der Waals surface area contributed by atoms with Gasteiger partial charge in [0.1, 0.15) is 17.8 Å². The maximum absolute atomic E-state index is 12.6. The fourth-order valence-corrected chi connectivity index (χ4v) is 2.47. The van der Waals surface area contributed by atoms with Crippen LogP contribution < -0.4 is 5.32 Å². The van der Waals surface area contributed by atoms with E-state index in [-0.39, 0.29) is 5.91 Å². The monoisotopic (exact) mass is 352 g/mol. The average molecular weight is 353 g/mol. The number of nitrogens with one attached hydrogen (secondary N) is 1. The zero-order chi connectivity index (χ0) is 17.6. The summed E-state index contributed by atoms with van der Waals surface area (Å²) in [6.07, 6.45) is 1.38. The van der Waals surface area contributed by atoms with Crippen LogP contribution >= 0.6 is 11.6 Å². The Labute approximate surface area is 151 Å². The Kier molecular flexibility index (Phi) is 5.26. The maximum Gasteiger partial charge on any atom is 0.272 e. The summed E-state index contributed by atoms with van der Waals surface area (Å²) in [6.45, 7) is 0.517. The molecular formula is C19H17ClN4O. The van der Waals surface area contributed by atoms with Gasteiger partial charge in [-0.15, -0.1) is 0 Å². The van der Waals surface area contributed by atoms with Gasteiger partial charge in [-0.2, -0.15) is 0 Å². The van der Waals surface area contributed by atoms with Crippen LogP contribution in [0, 0.1) is 0 Å². The lowest BCUT2D eigenvalue weighted by atomic mass is 10.2. The Morgan fingerprint density at radius 2 is 1.80 bits per heavy atom. The second-order valence-electron chi connectivity index (χ2n) is 5.57. The van der Waals surface area contributed by atoms with Gasteiger partial charge in [-0.25, -0.2) is 9.97 Å². The van der Waals surface area contributed by atoms with E-state index < -0.39 is 0 Å². The van der Waals surface area contributed by atoms with Crippen LogP contribution in [0.15, 0.2) is 67.0 Å². The molecule has 1 N–H and O–H groups in total. The highest BCUT2D eigenvalue weighted by Gasteiger charge is 2.14. The number of carbonyl (C=O) groups excluding carboxylic acids is 1. The summed E-state index contributed by atoms with van der Waals surface area (Å²) < 4.78 is 0. The van der Waals surface area contributed by atoms with Crippen LogP contribution in [0.2, 0.25) is 5.02 Å². The van der Waals surface area contributed by atoms with E-state index in [1.807, 2.05) is 42.5 Å². The largest absolute Gasteiger partial charge is 0.340 e. The van der Waals surface area contributed by atoms with Gasteiger partial charge in [0.25, 0.3) is 5.91 Å². The van der Waals surface area contributed by atoms with E-state index in [0.29, 0.717) is 23.1 Å². The molecule has 3 rings (SSSR count). The first-order valence-corrected chi connectivity index (χ1v) is 8.13. The molecule has 126 valence electrons. The third-order valence-electron chi connectivity index (χ3n) is 3.61. The van der Waals surface area contributed by atoms with Crippen molar-refractivity contribution in [1.29, 1.82) is 0 Å². The minimum Gasteiger partial charge on any atom is -0.340 e. The number of carbonyl (C=O) groups is 1. The minimum atomic E-state index is -0.162. The van der Waals surface area contributed by atoms with Crippen LogP contribution in [-0.4, -0.2) is 27.8 Å². The van der Waals surface area contributed by atoms with Gasteiger partial charge in [0, 0.05) is 30.4 Å². The first-order chi connectivity index (χ1) is 12.1. The van der Waals surface area contributed by atoms with Gasteiger partial charge in [-0.1, -0.05) is 41.9 Å². The molecule has 0 radical (unpaired) electrons. The molecule has 5 nitrogen and oxygen atoms in total. The molecule has 6 heteroatoms. The number of hydrogen-bond donors (Lipinski definition) is 1. The molecule has 0 saturated heterocycles. The van der Waals surface area contributed by atoms with Crippen molar-refractivity contribution in [2.75, 3.05) is 12.4 Å². The molecule has 0 spiro atoms. The summed E-state index contributed by atoms with van der Waals surface area (Å²) in [7, 11) is 1.75. The van der Waals surface area contributed by atoms with Crippen molar-refractivity contribution in [2.24, 2.45) is 0 Å². The molecule has 1 aromatic heterocycles. The zero-order valence-corrected chi connectivity index (χ0v) is 14.4. The molecule has 1 amide bonds. The number of amides is 1. The van der Waals surface area contributed by atoms with Gasteiger partial charge in [0.15, 0.2) is 0 Å². The average Bonchev–Trinajstić information content (AvgIpc) is 2.64. The van der Waals surface area contributed by atoms with Crippen molar-refractivity contribution in [3.8, 4) is 0 Å². The molecule has 1 heterocycles. The topological polar surface area (TPSA) is 58.1 Å². The summed E-state index contributed by atoms with van der Waals surface area (Å²) in [5.74, 6) is 0.388. The van der Waals surface area contributed by atoms with Crippen molar-refractivity contribution in [3.63, 3.8) is 0 Å². The Morgan fingerprint density at radius 1 is 1.08 bits per heavy atom. The predicted molar refractivity (Wildman–Crippen MR) is 99.0 cm³/mol. The third-order valence-corrected chi connectivity index (χ3v) is 3.86. The molecule has 0 bridgehead atoms. The van der Waals surface area contributed by atoms with Crippen molar-refractivity contribution in [1.82, 2.24) is 14.9 Å². The molecule has 0 fully saturated rings. The Morgan fingerprint density at radius 3 is 2.52 bits per heavy atom. The quantitative estimate of drug-likeness (QED) is 0.749. The van der Waals surface area contributed by atoms with Crippen LogP contribution in [-0.2, 0) is 6.54 Å². The fourth-order valence-electron chi connectivity index (χ4n) is 2.35. The number of anilines is 2. The summed E-state index contributed by atoms with van der Waals surface area (Å²) in [5.41, 5.74) is 2.23. The first-order valence-electron chi connectivity index (χ1n) is 7.76. The smallest absolute Gasteiger partial charge is 0.272 e. The summed E-state index contributed by atoms with van der Waals surface area (Å²) in [4.78, 5) is 22.5. The van der Waals surface area contributed by atoms with E-state index in [1.54, 1.807) is 30.1 Å². The number of halogens is 1. The fraction of sp³-hybridized carbons (Fsp3) is 0.105. The Hall–Kier alpha value is -2.92. The second-order valence-corrected chi connectivity index (χ2v) is 6.00. The molecule has 0 aliphatic heterocycles. The highest BCUT2D eigenvalue weighted by molar-refractivity contribution is 6.30. The third kappa shape index (κ3) is 4.55. The number of aromatic nitrogens is 2. The van der Waals surface area contributed by atoms with E-state index in [2.05, 4.69) is 15.3 Å². The standard InChI is InChI=1S/C19H17ClN4O/c1-24(12-14-5-3-2-4-6-14)19(25)17-11-18(22-13-21-17)23-16-9-7-15(20)8-10-16/h2-11,13H,12H2,1H3,(H,21,22,23). The van der Waals surface area contributed by atoms with E-state index in [0.717, 1.165) is 11.3 Å². The minimum absolute atomic E-state index is 0.162. The molecule has 0 saturated carbocycles. The predicted octanol–water partition coefficient (Wildman–Crippen LogP) is 4.15. The lowest BCUT2D eigenvalue weighted by Gasteiger charge is -2.17. The van der Waals surface area contributed by atoms with E-state index in [9.17, 15) is 4.79 Å². The molecule has 0 aliphatic rings. The lowest BCUT2D eigenvalue weighted by molar-refractivity contribution is 0.0779. The Bertz CT molecular complexity index is 853. The van der Waals surface area contributed by atoms with Gasteiger partial charge in [0.2, 0.25) is 0 Å². The number of hydrogen-bond acceptors (Lipinski definition) is 4. The molecular weight excluding hydrogens is 336 g/mol. The molecule has 2 aromatic carbocycles. The summed E-state index contributed by atoms with van der Waals surface area (Å²) in [6, 6.07) is 18.7. The highest BCUT2D eigenvalue weighted by atomic mass is 35.5. The summed E-state index contributed by atoms with van der Waals surface area (Å²) in [5, 5.41) is 3.79. The lowest BCUT2D eigenvalue weighted by Crippen LogP contribution is -2.27. The van der Waals surface area contributed by atoms with Crippen LogP contribution in [0.25, 0.3) is 0 Å². The Balaban J connectivity index is 1.71. The maximum atomic E-state index is 12.6. The van der Waals surface area contributed by atoms with Gasteiger partial charge in [-0.3, -0.25) is 4.79 Å². The van der Waals surface area contributed by atoms with Gasteiger partial charge in [-0.05, 0) is 29.8 Å². The molecule has 3 aromatic rings. The molecule has 0 atom stereocenters. The van der Waals surface area contributed by atoms with Gasteiger partial charge < -0.3 is 10.2 Å². The summed E-state index contributed by atoms with van der Waals surface area (Å²) >= 11 is 5.88. The molecule has 0 unspecified atom stereocenters. The van der Waals surface area contributed by atoms with Crippen molar-refractivity contribution in [2.45, 2.75) is 6.54 Å². The second kappa shape index (κ2) is 7.77.